The number of likely N-dealkylation sites (tertiary alicyclic amines) is 1. The van der Waals surface area contributed by atoms with Crippen LogP contribution in [0.2, 0.25) is 0 Å². The highest BCUT2D eigenvalue weighted by atomic mass is 32.1. The van der Waals surface area contributed by atoms with Crippen LogP contribution in [0.5, 0.6) is 5.75 Å². The first-order valence-electron chi connectivity index (χ1n) is 10.2. The molecular weight excluding hydrogens is 396 g/mol. The molecule has 1 amide bonds. The molecule has 1 atom stereocenters. The molecule has 2 aromatic heterocycles. The highest BCUT2D eigenvalue weighted by molar-refractivity contribution is 7.13. The Labute approximate surface area is 180 Å². The second-order valence-corrected chi connectivity index (χ2v) is 8.48. The smallest absolute Gasteiger partial charge is 0.261 e. The molecule has 7 heteroatoms. The lowest BCUT2D eigenvalue weighted by atomic mass is 10.1. The van der Waals surface area contributed by atoms with Gasteiger partial charge in [-0.15, -0.1) is 11.3 Å². The van der Waals surface area contributed by atoms with Crippen molar-refractivity contribution in [3.8, 4) is 5.75 Å². The molecule has 0 radical (unpaired) electrons. The number of hydrogen-bond acceptors (Lipinski definition) is 6. The van der Waals surface area contributed by atoms with Crippen molar-refractivity contribution in [2.24, 2.45) is 0 Å². The van der Waals surface area contributed by atoms with Gasteiger partial charge in [0.05, 0.1) is 17.4 Å². The van der Waals surface area contributed by atoms with Crippen LogP contribution in [0.3, 0.4) is 0 Å². The van der Waals surface area contributed by atoms with Crippen LogP contribution in [0.25, 0.3) is 0 Å². The van der Waals surface area contributed by atoms with Gasteiger partial charge in [-0.3, -0.25) is 4.79 Å². The third-order valence-electron chi connectivity index (χ3n) is 5.29. The summed E-state index contributed by atoms with van der Waals surface area (Å²) in [5.74, 6) is 1.54. The van der Waals surface area contributed by atoms with Crippen LogP contribution in [0.1, 0.15) is 41.4 Å². The van der Waals surface area contributed by atoms with Crippen molar-refractivity contribution in [2.75, 3.05) is 18.5 Å². The lowest BCUT2D eigenvalue weighted by Gasteiger charge is -2.25. The van der Waals surface area contributed by atoms with Crippen molar-refractivity contribution in [1.82, 2.24) is 14.9 Å². The van der Waals surface area contributed by atoms with Gasteiger partial charge < -0.3 is 15.0 Å². The molecular formula is C23H26N4O2S. The number of nitrogens with zero attached hydrogens (tertiary/aromatic N) is 3. The first-order valence-corrected chi connectivity index (χ1v) is 11.0. The van der Waals surface area contributed by atoms with E-state index in [0.717, 1.165) is 58.6 Å². The predicted octanol–water partition coefficient (Wildman–Crippen LogP) is 4.95. The summed E-state index contributed by atoms with van der Waals surface area (Å²) < 4.78 is 5.90. The Morgan fingerprint density at radius 2 is 1.93 bits per heavy atom. The largest absolute Gasteiger partial charge is 0.483 e. The molecule has 0 aliphatic carbocycles. The van der Waals surface area contributed by atoms with Gasteiger partial charge in [-0.05, 0) is 56.9 Å². The van der Waals surface area contributed by atoms with Gasteiger partial charge in [-0.25, -0.2) is 9.97 Å². The van der Waals surface area contributed by atoms with Gasteiger partial charge in [0.25, 0.3) is 5.91 Å². The number of aromatic nitrogens is 2. The van der Waals surface area contributed by atoms with E-state index in [9.17, 15) is 4.79 Å². The number of carbonyl (C=O) groups excluding carboxylic acids is 1. The Morgan fingerprint density at radius 3 is 2.67 bits per heavy atom. The number of pyridine rings is 1. The lowest BCUT2D eigenvalue weighted by Crippen LogP contribution is -2.35. The van der Waals surface area contributed by atoms with Gasteiger partial charge in [0, 0.05) is 11.9 Å². The Kier molecular flexibility index (Phi) is 5.99. The summed E-state index contributed by atoms with van der Waals surface area (Å²) in [6.07, 6.45) is 1.87. The van der Waals surface area contributed by atoms with Gasteiger partial charge >= 0.3 is 0 Å². The summed E-state index contributed by atoms with van der Waals surface area (Å²) in [6.45, 7) is 6.73. The van der Waals surface area contributed by atoms with Crippen LogP contribution in [0.15, 0.2) is 41.8 Å². The van der Waals surface area contributed by atoms with E-state index in [4.69, 9.17) is 9.72 Å². The maximum absolute atomic E-state index is 13.0. The van der Waals surface area contributed by atoms with E-state index in [1.54, 1.807) is 11.3 Å². The van der Waals surface area contributed by atoms with Gasteiger partial charge in [0.15, 0.2) is 11.7 Å². The van der Waals surface area contributed by atoms with E-state index >= 15 is 0 Å². The second-order valence-electron chi connectivity index (χ2n) is 7.62. The highest BCUT2D eigenvalue weighted by Crippen LogP contribution is 2.32. The zero-order chi connectivity index (χ0) is 21.1. The van der Waals surface area contributed by atoms with Crippen molar-refractivity contribution in [3.05, 3.63) is 64.3 Å². The molecule has 1 fully saturated rings. The first kappa shape index (κ1) is 20.3. The minimum absolute atomic E-state index is 0.00383. The van der Waals surface area contributed by atoms with Crippen molar-refractivity contribution in [2.45, 2.75) is 39.7 Å². The topological polar surface area (TPSA) is 67.4 Å². The molecule has 0 spiro atoms. The third kappa shape index (κ3) is 4.46. The SMILES string of the molecule is Cc1csc(Nc2cccc(C3CCCN3C(=O)COc3c(C)cccc3C)n2)n1. The number of thiazole rings is 1. The standard InChI is InChI=1S/C23H26N4O2S/c1-15-7-4-8-16(2)22(15)29-13-21(28)27-12-6-10-19(27)18-9-5-11-20(25-18)26-23-24-17(3)14-30-23/h4-5,7-9,11,14,19H,6,10,12-13H2,1-3H3,(H,24,25,26). The Morgan fingerprint density at radius 1 is 1.17 bits per heavy atom. The van der Waals surface area contributed by atoms with E-state index in [1.165, 1.54) is 0 Å². The van der Waals surface area contributed by atoms with Crippen molar-refractivity contribution in [1.29, 1.82) is 0 Å². The molecule has 1 saturated heterocycles. The average Bonchev–Trinajstić information content (AvgIpc) is 3.37. The van der Waals surface area contributed by atoms with Gasteiger partial charge in [0.1, 0.15) is 11.6 Å². The summed E-state index contributed by atoms with van der Waals surface area (Å²) in [7, 11) is 0. The predicted molar refractivity (Wildman–Crippen MR) is 119 cm³/mol. The molecule has 1 N–H and O–H groups in total. The maximum atomic E-state index is 13.0. The Hall–Kier alpha value is -2.93. The third-order valence-corrected chi connectivity index (χ3v) is 6.16. The average molecular weight is 423 g/mol. The molecule has 6 nitrogen and oxygen atoms in total. The van der Waals surface area contributed by atoms with Crippen molar-refractivity contribution >= 4 is 28.2 Å². The fourth-order valence-corrected chi connectivity index (χ4v) is 4.54. The van der Waals surface area contributed by atoms with Gasteiger partial charge in [-0.1, -0.05) is 24.3 Å². The molecule has 3 aromatic rings. The van der Waals surface area contributed by atoms with Crippen molar-refractivity contribution in [3.63, 3.8) is 0 Å². The monoisotopic (exact) mass is 422 g/mol. The van der Waals surface area contributed by atoms with E-state index in [2.05, 4.69) is 10.3 Å². The summed E-state index contributed by atoms with van der Waals surface area (Å²) in [4.78, 5) is 24.0. The highest BCUT2D eigenvalue weighted by Gasteiger charge is 2.31. The number of rotatable bonds is 6. The van der Waals surface area contributed by atoms with E-state index < -0.39 is 0 Å². The number of hydrogen-bond donors (Lipinski definition) is 1. The van der Waals surface area contributed by atoms with Gasteiger partial charge in [0.2, 0.25) is 0 Å². The molecule has 1 aromatic carbocycles. The number of aryl methyl sites for hydroxylation is 3. The van der Waals surface area contributed by atoms with Crippen LogP contribution in [-0.2, 0) is 4.79 Å². The number of nitrogens with one attached hydrogen (secondary N) is 1. The molecule has 0 saturated carbocycles. The molecule has 0 bridgehead atoms. The quantitative estimate of drug-likeness (QED) is 0.609. The molecule has 156 valence electrons. The molecule has 1 unspecified atom stereocenters. The molecule has 1 aliphatic heterocycles. The van der Waals surface area contributed by atoms with Crippen LogP contribution < -0.4 is 10.1 Å². The number of anilines is 2. The number of carbonyl (C=O) groups is 1. The summed E-state index contributed by atoms with van der Waals surface area (Å²) in [6, 6.07) is 11.8. The molecule has 4 rings (SSSR count). The van der Waals surface area contributed by atoms with Gasteiger partial charge in [-0.2, -0.15) is 0 Å². The summed E-state index contributed by atoms with van der Waals surface area (Å²) in [5, 5.41) is 6.08. The fourth-order valence-electron chi connectivity index (χ4n) is 3.84. The van der Waals surface area contributed by atoms with Crippen molar-refractivity contribution < 1.29 is 9.53 Å². The molecule has 30 heavy (non-hydrogen) atoms. The van der Waals surface area contributed by atoms with E-state index in [0.29, 0.717) is 0 Å². The second kappa shape index (κ2) is 8.83. The zero-order valence-electron chi connectivity index (χ0n) is 17.5. The lowest BCUT2D eigenvalue weighted by molar-refractivity contribution is -0.134. The molecule has 1 aliphatic rings. The maximum Gasteiger partial charge on any atom is 0.261 e. The summed E-state index contributed by atoms with van der Waals surface area (Å²) >= 11 is 1.55. The van der Waals surface area contributed by atoms with Crippen LogP contribution in [0.4, 0.5) is 10.9 Å². The summed E-state index contributed by atoms with van der Waals surface area (Å²) in [5.41, 5.74) is 3.96. The fraction of sp³-hybridized carbons (Fsp3) is 0.348. The first-order chi connectivity index (χ1) is 14.5. The number of para-hydroxylation sites is 1. The number of benzene rings is 1. The van der Waals surface area contributed by atoms with E-state index in [1.807, 2.05) is 67.4 Å². The number of amides is 1. The van der Waals surface area contributed by atoms with E-state index in [-0.39, 0.29) is 18.6 Å². The Balaban J connectivity index is 1.45. The Bertz CT molecular complexity index is 1030. The minimum Gasteiger partial charge on any atom is -0.483 e. The molecule has 3 heterocycles. The van der Waals surface area contributed by atoms with Crippen LogP contribution in [-0.4, -0.2) is 33.9 Å². The van der Waals surface area contributed by atoms with Crippen LogP contribution in [0, 0.1) is 20.8 Å². The zero-order valence-corrected chi connectivity index (χ0v) is 18.3. The normalized spacial score (nSPS) is 16.0. The minimum atomic E-state index is -0.0288. The van der Waals surface area contributed by atoms with Crippen LogP contribution >= 0.6 is 11.3 Å². The number of ether oxygens (including phenoxy) is 1.